The standard InChI is InChI=1S/C18H24F3N3O2/c19-18(20,21)14-3-1-13(2-4-14)9-17(26)24-8-6-22-10-15(24)11-23-7-5-16(25)12-23/h1-4,15-16,22,25H,5-12H2/t15-,16-/m0/s1. The Balaban J connectivity index is 1.61. The molecule has 2 saturated heterocycles. The van der Waals surface area contributed by atoms with Crippen molar-refractivity contribution in [2.75, 3.05) is 39.3 Å². The van der Waals surface area contributed by atoms with E-state index in [0.717, 1.165) is 25.1 Å². The molecule has 1 aromatic rings. The van der Waals surface area contributed by atoms with Crippen LogP contribution in [-0.2, 0) is 17.4 Å². The zero-order valence-corrected chi connectivity index (χ0v) is 14.5. The molecule has 1 aromatic carbocycles. The number of piperazine rings is 1. The number of amides is 1. The van der Waals surface area contributed by atoms with Crippen molar-refractivity contribution in [3.63, 3.8) is 0 Å². The number of aliphatic hydroxyl groups excluding tert-OH is 1. The van der Waals surface area contributed by atoms with Crippen LogP contribution in [0.4, 0.5) is 13.2 Å². The van der Waals surface area contributed by atoms with Gasteiger partial charge in [0.2, 0.25) is 5.91 Å². The number of nitrogens with zero attached hydrogens (tertiary/aromatic N) is 2. The van der Waals surface area contributed by atoms with Gasteiger partial charge in [-0.15, -0.1) is 0 Å². The molecule has 2 fully saturated rings. The number of carbonyl (C=O) groups is 1. The van der Waals surface area contributed by atoms with Crippen LogP contribution in [0, 0.1) is 0 Å². The summed E-state index contributed by atoms with van der Waals surface area (Å²) in [6.45, 7) is 4.11. The van der Waals surface area contributed by atoms with Crippen LogP contribution >= 0.6 is 0 Å². The molecule has 0 radical (unpaired) electrons. The third-order valence-electron chi connectivity index (χ3n) is 5.02. The molecule has 5 nitrogen and oxygen atoms in total. The lowest BCUT2D eigenvalue weighted by Crippen LogP contribution is -2.57. The van der Waals surface area contributed by atoms with E-state index in [2.05, 4.69) is 10.2 Å². The average Bonchev–Trinajstić information content (AvgIpc) is 3.00. The van der Waals surface area contributed by atoms with Gasteiger partial charge in [0.15, 0.2) is 0 Å². The van der Waals surface area contributed by atoms with E-state index in [-0.39, 0.29) is 24.5 Å². The molecule has 2 aliphatic rings. The van der Waals surface area contributed by atoms with Gasteiger partial charge in [0.1, 0.15) is 0 Å². The molecular formula is C18H24F3N3O2. The predicted octanol–water partition coefficient (Wildman–Crippen LogP) is 1.11. The van der Waals surface area contributed by atoms with Crippen molar-refractivity contribution in [2.24, 2.45) is 0 Å². The van der Waals surface area contributed by atoms with Gasteiger partial charge in [0, 0.05) is 39.3 Å². The Hall–Kier alpha value is -1.64. The first-order valence-electron chi connectivity index (χ1n) is 8.89. The van der Waals surface area contributed by atoms with Gasteiger partial charge >= 0.3 is 6.18 Å². The third kappa shape index (κ3) is 4.75. The Bertz CT molecular complexity index is 621. The molecule has 8 heteroatoms. The number of alkyl halides is 3. The van der Waals surface area contributed by atoms with Crippen LogP contribution in [0.2, 0.25) is 0 Å². The van der Waals surface area contributed by atoms with E-state index < -0.39 is 11.7 Å². The van der Waals surface area contributed by atoms with Crippen LogP contribution in [0.5, 0.6) is 0 Å². The fourth-order valence-electron chi connectivity index (χ4n) is 3.62. The fraction of sp³-hybridized carbons (Fsp3) is 0.611. The van der Waals surface area contributed by atoms with Crippen LogP contribution in [0.25, 0.3) is 0 Å². The summed E-state index contributed by atoms with van der Waals surface area (Å²) in [7, 11) is 0. The molecule has 0 unspecified atom stereocenters. The maximum atomic E-state index is 12.7. The topological polar surface area (TPSA) is 55.8 Å². The van der Waals surface area contributed by atoms with Gasteiger partial charge in [0.05, 0.1) is 24.1 Å². The van der Waals surface area contributed by atoms with Gasteiger partial charge in [-0.1, -0.05) is 12.1 Å². The highest BCUT2D eigenvalue weighted by atomic mass is 19.4. The van der Waals surface area contributed by atoms with Crippen molar-refractivity contribution in [2.45, 2.75) is 31.2 Å². The minimum absolute atomic E-state index is 0.0102. The summed E-state index contributed by atoms with van der Waals surface area (Å²) in [5.41, 5.74) is -0.127. The fourth-order valence-corrected chi connectivity index (χ4v) is 3.62. The molecule has 3 rings (SSSR count). The average molecular weight is 371 g/mol. The molecule has 0 spiro atoms. The third-order valence-corrected chi connectivity index (χ3v) is 5.02. The molecule has 2 heterocycles. The van der Waals surface area contributed by atoms with Gasteiger partial charge in [-0.3, -0.25) is 9.69 Å². The molecular weight excluding hydrogens is 347 g/mol. The zero-order chi connectivity index (χ0) is 18.7. The van der Waals surface area contributed by atoms with E-state index >= 15 is 0 Å². The van der Waals surface area contributed by atoms with Crippen LogP contribution in [0.3, 0.4) is 0 Å². The van der Waals surface area contributed by atoms with Crippen molar-refractivity contribution in [1.82, 2.24) is 15.1 Å². The first-order chi connectivity index (χ1) is 12.3. The van der Waals surface area contributed by atoms with E-state index in [1.54, 1.807) is 0 Å². The van der Waals surface area contributed by atoms with Crippen LogP contribution in [0.1, 0.15) is 17.5 Å². The number of hydrogen-bond acceptors (Lipinski definition) is 4. The quantitative estimate of drug-likeness (QED) is 0.833. The summed E-state index contributed by atoms with van der Waals surface area (Å²) < 4.78 is 37.9. The number of carbonyl (C=O) groups excluding carboxylic acids is 1. The molecule has 2 N–H and O–H groups in total. The lowest BCUT2D eigenvalue weighted by Gasteiger charge is -2.38. The van der Waals surface area contributed by atoms with Crippen molar-refractivity contribution >= 4 is 5.91 Å². The Morgan fingerprint density at radius 1 is 1.23 bits per heavy atom. The molecule has 1 amide bonds. The zero-order valence-electron chi connectivity index (χ0n) is 14.5. The first kappa shape index (κ1) is 19.1. The molecule has 0 aliphatic carbocycles. The van der Waals surface area contributed by atoms with Crippen LogP contribution in [0.15, 0.2) is 24.3 Å². The summed E-state index contributed by atoms with van der Waals surface area (Å²) >= 11 is 0. The van der Waals surface area contributed by atoms with Gasteiger partial charge in [-0.05, 0) is 24.1 Å². The van der Waals surface area contributed by atoms with Crippen molar-refractivity contribution in [3.8, 4) is 0 Å². The van der Waals surface area contributed by atoms with Gasteiger partial charge in [-0.2, -0.15) is 13.2 Å². The van der Waals surface area contributed by atoms with Crippen molar-refractivity contribution < 1.29 is 23.1 Å². The smallest absolute Gasteiger partial charge is 0.392 e. The summed E-state index contributed by atoms with van der Waals surface area (Å²) in [6, 6.07) is 4.78. The lowest BCUT2D eigenvalue weighted by molar-refractivity contribution is -0.137. The highest BCUT2D eigenvalue weighted by molar-refractivity contribution is 5.79. The molecule has 26 heavy (non-hydrogen) atoms. The van der Waals surface area contributed by atoms with Gasteiger partial charge in [-0.25, -0.2) is 0 Å². The molecule has 0 bridgehead atoms. The molecule has 0 aromatic heterocycles. The van der Waals surface area contributed by atoms with Crippen molar-refractivity contribution in [1.29, 1.82) is 0 Å². The monoisotopic (exact) mass is 371 g/mol. The highest BCUT2D eigenvalue weighted by Gasteiger charge is 2.32. The van der Waals surface area contributed by atoms with E-state index in [4.69, 9.17) is 0 Å². The molecule has 2 atom stereocenters. The van der Waals surface area contributed by atoms with E-state index in [9.17, 15) is 23.1 Å². The number of benzene rings is 1. The normalized spacial score (nSPS) is 24.8. The number of β-amino-alcohol motifs (C(OH)–C–C–N with tert-alkyl or cyclic N) is 1. The second-order valence-corrected chi connectivity index (χ2v) is 7.02. The summed E-state index contributed by atoms with van der Waals surface area (Å²) in [5, 5.41) is 12.9. The first-order valence-corrected chi connectivity index (χ1v) is 8.89. The molecule has 0 saturated carbocycles. The largest absolute Gasteiger partial charge is 0.416 e. The van der Waals surface area contributed by atoms with Gasteiger partial charge < -0.3 is 15.3 Å². The number of hydrogen-bond donors (Lipinski definition) is 2. The number of likely N-dealkylation sites (tertiary alicyclic amines) is 1. The minimum Gasteiger partial charge on any atom is -0.392 e. The SMILES string of the molecule is O=C(Cc1ccc(C(F)(F)F)cc1)N1CCNC[C@H]1CN1CC[C@H](O)C1. The second kappa shape index (κ2) is 7.94. The molecule has 2 aliphatic heterocycles. The summed E-state index contributed by atoms with van der Waals surface area (Å²) in [5.74, 6) is -0.0731. The number of nitrogens with one attached hydrogen (secondary N) is 1. The Kier molecular flexibility index (Phi) is 5.84. The minimum atomic E-state index is -4.37. The summed E-state index contributed by atoms with van der Waals surface area (Å²) in [4.78, 5) is 16.7. The van der Waals surface area contributed by atoms with Crippen LogP contribution < -0.4 is 5.32 Å². The van der Waals surface area contributed by atoms with Crippen LogP contribution in [-0.4, -0.2) is 72.2 Å². The molecule has 144 valence electrons. The Labute approximate surface area is 150 Å². The maximum absolute atomic E-state index is 12.7. The van der Waals surface area contributed by atoms with Gasteiger partial charge in [0.25, 0.3) is 0 Å². The Morgan fingerprint density at radius 2 is 1.96 bits per heavy atom. The van der Waals surface area contributed by atoms with E-state index in [0.29, 0.717) is 38.3 Å². The maximum Gasteiger partial charge on any atom is 0.416 e. The van der Waals surface area contributed by atoms with E-state index in [1.807, 2.05) is 4.90 Å². The number of aliphatic hydroxyl groups is 1. The highest BCUT2D eigenvalue weighted by Crippen LogP contribution is 2.29. The predicted molar refractivity (Wildman–Crippen MR) is 90.6 cm³/mol. The summed E-state index contributed by atoms with van der Waals surface area (Å²) in [6.07, 6.45) is -3.83. The second-order valence-electron chi connectivity index (χ2n) is 7.02. The van der Waals surface area contributed by atoms with E-state index in [1.165, 1.54) is 12.1 Å². The Morgan fingerprint density at radius 3 is 2.58 bits per heavy atom. The van der Waals surface area contributed by atoms with Crippen molar-refractivity contribution in [3.05, 3.63) is 35.4 Å². The number of halogens is 3. The number of rotatable bonds is 4. The lowest BCUT2D eigenvalue weighted by atomic mass is 10.1.